The highest BCUT2D eigenvalue weighted by Crippen LogP contribution is 2.24. The zero-order valence-electron chi connectivity index (χ0n) is 13.5. The van der Waals surface area contributed by atoms with Crippen molar-refractivity contribution in [1.82, 2.24) is 4.98 Å². The largest absolute Gasteiger partial charge is 0.251 e. The van der Waals surface area contributed by atoms with Crippen molar-refractivity contribution >= 4 is 16.6 Å². The van der Waals surface area contributed by atoms with Gasteiger partial charge >= 0.3 is 0 Å². The minimum atomic E-state index is 0.416. The summed E-state index contributed by atoms with van der Waals surface area (Å²) in [6, 6.07) is 16.8. The highest BCUT2D eigenvalue weighted by molar-refractivity contribution is 5.82. The Balaban J connectivity index is 1.92. The topological polar surface area (TPSA) is 42.3 Å². The monoisotopic (exact) mass is 304 g/mol. The van der Waals surface area contributed by atoms with Crippen LogP contribution >= 0.6 is 0 Å². The van der Waals surface area contributed by atoms with Crippen molar-refractivity contribution in [3.05, 3.63) is 75.8 Å². The first kappa shape index (κ1) is 15.3. The van der Waals surface area contributed by atoms with Crippen LogP contribution in [0.3, 0.4) is 0 Å². The minimum Gasteiger partial charge on any atom is -0.251 e. The summed E-state index contributed by atoms with van der Waals surface area (Å²) in [6.07, 6.45) is 3.15. The molecule has 1 heterocycles. The molecule has 2 aromatic carbocycles. The lowest BCUT2D eigenvalue weighted by Gasteiger charge is -2.07. The van der Waals surface area contributed by atoms with Crippen LogP contribution in [-0.2, 0) is 12.8 Å². The Hall–Kier alpha value is -2.55. The lowest BCUT2D eigenvalue weighted by atomic mass is 10.00. The van der Waals surface area contributed by atoms with E-state index >= 15 is 0 Å². The summed E-state index contributed by atoms with van der Waals surface area (Å²) in [6.45, 7) is 4.01. The van der Waals surface area contributed by atoms with E-state index < -0.39 is 0 Å². The Kier molecular flexibility index (Phi) is 4.47. The number of hydrogen-bond acceptors (Lipinski definition) is 3. The van der Waals surface area contributed by atoms with Gasteiger partial charge in [-0.2, -0.15) is 0 Å². The number of fused-ring (bicyclic) bond motifs is 1. The molecule has 0 aliphatic carbocycles. The molecule has 0 amide bonds. The molecular formula is C20H20N2O. The number of benzene rings is 2. The first-order chi connectivity index (χ1) is 11.2. The van der Waals surface area contributed by atoms with Gasteiger partial charge in [0.05, 0.1) is 11.2 Å². The molecule has 0 radical (unpaired) electrons. The van der Waals surface area contributed by atoms with Gasteiger partial charge in [-0.25, -0.2) is 0 Å². The third-order valence-electron chi connectivity index (χ3n) is 4.08. The predicted molar refractivity (Wildman–Crippen MR) is 95.2 cm³/mol. The molecule has 0 aliphatic rings. The molecule has 1 aromatic heterocycles. The molecule has 0 bridgehead atoms. The van der Waals surface area contributed by atoms with Gasteiger partial charge in [-0.05, 0) is 59.8 Å². The summed E-state index contributed by atoms with van der Waals surface area (Å²) >= 11 is 0. The van der Waals surface area contributed by atoms with Gasteiger partial charge in [0.25, 0.3) is 0 Å². The van der Waals surface area contributed by atoms with Crippen molar-refractivity contribution in [3.8, 4) is 0 Å². The summed E-state index contributed by atoms with van der Waals surface area (Å²) in [7, 11) is 0. The van der Waals surface area contributed by atoms with E-state index in [1.165, 1.54) is 16.7 Å². The minimum absolute atomic E-state index is 0.416. The van der Waals surface area contributed by atoms with Crippen molar-refractivity contribution in [2.75, 3.05) is 0 Å². The second-order valence-corrected chi connectivity index (χ2v) is 5.96. The molecule has 0 saturated heterocycles. The van der Waals surface area contributed by atoms with E-state index in [0.29, 0.717) is 11.4 Å². The molecule has 3 rings (SSSR count). The van der Waals surface area contributed by atoms with Crippen LogP contribution in [0, 0.1) is 11.8 Å². The third-order valence-corrected chi connectivity index (χ3v) is 4.08. The SMILES string of the molecule is CCCc1cccc(Cc2ccc3nc(C)c(N=O)cc3c2)c1. The van der Waals surface area contributed by atoms with E-state index in [0.717, 1.165) is 30.2 Å². The highest BCUT2D eigenvalue weighted by atomic mass is 16.3. The molecule has 3 aromatic rings. The summed E-state index contributed by atoms with van der Waals surface area (Å²) in [5.41, 5.74) is 5.90. The highest BCUT2D eigenvalue weighted by Gasteiger charge is 2.05. The molecule has 0 spiro atoms. The van der Waals surface area contributed by atoms with Crippen molar-refractivity contribution < 1.29 is 0 Å². The Morgan fingerprint density at radius 1 is 1.00 bits per heavy atom. The Morgan fingerprint density at radius 3 is 2.57 bits per heavy atom. The Morgan fingerprint density at radius 2 is 1.78 bits per heavy atom. The van der Waals surface area contributed by atoms with Crippen molar-refractivity contribution in [1.29, 1.82) is 0 Å². The molecule has 3 nitrogen and oxygen atoms in total. The number of aromatic nitrogens is 1. The van der Waals surface area contributed by atoms with E-state index in [9.17, 15) is 4.91 Å². The maximum Gasteiger partial charge on any atom is 0.129 e. The summed E-state index contributed by atoms with van der Waals surface area (Å²) in [5, 5.41) is 4.02. The third kappa shape index (κ3) is 3.45. The van der Waals surface area contributed by atoms with Crippen LogP contribution in [0.25, 0.3) is 10.9 Å². The van der Waals surface area contributed by atoms with Crippen molar-refractivity contribution in [2.45, 2.75) is 33.1 Å². The van der Waals surface area contributed by atoms with E-state index in [4.69, 9.17) is 0 Å². The van der Waals surface area contributed by atoms with Crippen LogP contribution in [0.15, 0.2) is 53.7 Å². The average molecular weight is 304 g/mol. The van der Waals surface area contributed by atoms with Crippen LogP contribution in [0.4, 0.5) is 5.69 Å². The summed E-state index contributed by atoms with van der Waals surface area (Å²) < 4.78 is 0. The van der Waals surface area contributed by atoms with Crippen molar-refractivity contribution in [3.63, 3.8) is 0 Å². The summed E-state index contributed by atoms with van der Waals surface area (Å²) in [4.78, 5) is 15.3. The predicted octanol–water partition coefficient (Wildman–Crippen LogP) is 5.48. The molecule has 0 unspecified atom stereocenters. The maximum atomic E-state index is 10.9. The lowest BCUT2D eigenvalue weighted by Crippen LogP contribution is -1.92. The van der Waals surface area contributed by atoms with Crippen LogP contribution < -0.4 is 0 Å². The molecular weight excluding hydrogens is 284 g/mol. The Labute approximate surface area is 136 Å². The van der Waals surface area contributed by atoms with Gasteiger partial charge in [0.1, 0.15) is 5.69 Å². The second kappa shape index (κ2) is 6.69. The number of pyridine rings is 1. The molecule has 116 valence electrons. The van der Waals surface area contributed by atoms with Gasteiger partial charge in [0.15, 0.2) is 0 Å². The molecule has 0 N–H and O–H groups in total. The number of aryl methyl sites for hydroxylation is 2. The van der Waals surface area contributed by atoms with Crippen molar-refractivity contribution in [2.24, 2.45) is 5.18 Å². The quantitative estimate of drug-likeness (QED) is 0.585. The van der Waals surface area contributed by atoms with E-state index in [1.54, 1.807) is 0 Å². The molecule has 0 aliphatic heterocycles. The van der Waals surface area contributed by atoms with Gasteiger partial charge < -0.3 is 0 Å². The second-order valence-electron chi connectivity index (χ2n) is 5.96. The number of nitroso groups, excluding NO2 is 1. The first-order valence-electron chi connectivity index (χ1n) is 8.01. The maximum absolute atomic E-state index is 10.9. The molecule has 0 fully saturated rings. The van der Waals surface area contributed by atoms with Gasteiger partial charge in [0, 0.05) is 5.39 Å². The number of rotatable bonds is 5. The van der Waals surface area contributed by atoms with Gasteiger partial charge in [-0.15, -0.1) is 4.91 Å². The fraction of sp³-hybridized carbons (Fsp3) is 0.250. The molecule has 23 heavy (non-hydrogen) atoms. The van der Waals surface area contributed by atoms with Crippen LogP contribution in [0.2, 0.25) is 0 Å². The number of hydrogen-bond donors (Lipinski definition) is 0. The molecule has 0 atom stereocenters. The van der Waals surface area contributed by atoms with Crippen LogP contribution in [0.5, 0.6) is 0 Å². The van der Waals surface area contributed by atoms with Gasteiger partial charge in [0.2, 0.25) is 0 Å². The van der Waals surface area contributed by atoms with E-state index in [-0.39, 0.29) is 0 Å². The number of nitrogens with zero attached hydrogens (tertiary/aromatic N) is 2. The fourth-order valence-corrected chi connectivity index (χ4v) is 2.93. The van der Waals surface area contributed by atoms with Crippen LogP contribution in [0.1, 0.15) is 35.7 Å². The zero-order valence-corrected chi connectivity index (χ0v) is 13.5. The molecule has 0 saturated carbocycles. The first-order valence-corrected chi connectivity index (χ1v) is 8.01. The lowest BCUT2D eigenvalue weighted by molar-refractivity contribution is 0.918. The Bertz CT molecular complexity index is 855. The van der Waals surface area contributed by atoms with Gasteiger partial charge in [-0.1, -0.05) is 43.7 Å². The van der Waals surface area contributed by atoms with Crippen LogP contribution in [-0.4, -0.2) is 4.98 Å². The van der Waals surface area contributed by atoms with E-state index in [2.05, 4.69) is 53.5 Å². The zero-order chi connectivity index (χ0) is 16.2. The normalized spacial score (nSPS) is 10.9. The van der Waals surface area contributed by atoms with E-state index in [1.807, 2.05) is 19.1 Å². The standard InChI is InChI=1S/C20H20N2O/c1-3-5-15-6-4-7-16(10-15)11-17-8-9-19-18(12-17)13-20(22-23)14(2)21-19/h4,6-10,12-13H,3,5,11H2,1-2H3. The average Bonchev–Trinajstić information content (AvgIpc) is 2.55. The summed E-state index contributed by atoms with van der Waals surface area (Å²) in [5.74, 6) is 0. The fourth-order valence-electron chi connectivity index (χ4n) is 2.93. The van der Waals surface area contributed by atoms with Gasteiger partial charge in [-0.3, -0.25) is 4.98 Å². The smallest absolute Gasteiger partial charge is 0.129 e. The molecule has 3 heteroatoms.